The first-order chi connectivity index (χ1) is 7.92. The molecule has 2 rings (SSSR count). The maximum absolute atomic E-state index is 6.59. The van der Waals surface area contributed by atoms with E-state index in [1.165, 1.54) is 5.56 Å². The molecule has 0 aromatic heterocycles. The molecule has 0 N–H and O–H groups in total. The fourth-order valence-corrected chi connectivity index (χ4v) is 3.18. The molecule has 0 saturated carbocycles. The van der Waals surface area contributed by atoms with Crippen LogP contribution in [0.3, 0.4) is 0 Å². The van der Waals surface area contributed by atoms with E-state index in [4.69, 9.17) is 21.1 Å². The van der Waals surface area contributed by atoms with Crippen molar-refractivity contribution in [1.29, 1.82) is 0 Å². The minimum Gasteiger partial charge on any atom is -0.496 e. The summed E-state index contributed by atoms with van der Waals surface area (Å²) in [5.41, 5.74) is 4.53. The van der Waals surface area contributed by atoms with Crippen molar-refractivity contribution in [3.05, 3.63) is 26.7 Å². The molecule has 2 nitrogen and oxygen atoms in total. The quantitative estimate of drug-likeness (QED) is 0.771. The van der Waals surface area contributed by atoms with Gasteiger partial charge in [-0.3, -0.25) is 0 Å². The van der Waals surface area contributed by atoms with Crippen molar-refractivity contribution in [2.24, 2.45) is 0 Å². The summed E-state index contributed by atoms with van der Waals surface area (Å²) in [5, 5.41) is 0. The maximum atomic E-state index is 6.59. The van der Waals surface area contributed by atoms with Crippen molar-refractivity contribution in [2.45, 2.75) is 25.6 Å². The van der Waals surface area contributed by atoms with Crippen LogP contribution in [0.5, 0.6) is 5.75 Å². The van der Waals surface area contributed by atoms with E-state index in [-0.39, 0.29) is 0 Å². The van der Waals surface area contributed by atoms with Gasteiger partial charge in [0.15, 0.2) is 0 Å². The molecule has 94 valence electrons. The second kappa shape index (κ2) is 4.45. The van der Waals surface area contributed by atoms with Crippen LogP contribution in [0.4, 0.5) is 0 Å². The Balaban J connectivity index is 2.72. The van der Waals surface area contributed by atoms with Gasteiger partial charge in [-0.05, 0) is 37.5 Å². The van der Waals surface area contributed by atoms with Crippen LogP contribution in [0.1, 0.15) is 22.3 Å². The van der Waals surface area contributed by atoms with E-state index in [0.717, 1.165) is 26.9 Å². The van der Waals surface area contributed by atoms with Gasteiger partial charge in [0.25, 0.3) is 0 Å². The van der Waals surface area contributed by atoms with Gasteiger partial charge in [0, 0.05) is 10.0 Å². The molecule has 0 amide bonds. The lowest BCUT2D eigenvalue weighted by atomic mass is 9.88. The van der Waals surface area contributed by atoms with Crippen molar-refractivity contribution in [2.75, 3.05) is 20.3 Å². The first-order valence-electron chi connectivity index (χ1n) is 5.52. The third-order valence-corrected chi connectivity index (χ3v) is 5.07. The van der Waals surface area contributed by atoms with Crippen molar-refractivity contribution >= 4 is 27.5 Å². The van der Waals surface area contributed by atoms with Gasteiger partial charge in [-0.15, -0.1) is 11.6 Å². The van der Waals surface area contributed by atoms with E-state index in [9.17, 15) is 0 Å². The predicted molar refractivity (Wildman–Crippen MR) is 73.3 cm³/mol. The number of halogens is 2. The Kier molecular flexibility index (Phi) is 3.45. The van der Waals surface area contributed by atoms with Crippen molar-refractivity contribution in [3.8, 4) is 5.75 Å². The highest BCUT2D eigenvalue weighted by atomic mass is 79.9. The zero-order chi connectivity index (χ0) is 12.8. The minimum atomic E-state index is -0.434. The van der Waals surface area contributed by atoms with Crippen molar-refractivity contribution < 1.29 is 9.47 Å². The molecule has 4 heteroatoms. The van der Waals surface area contributed by atoms with Crippen LogP contribution in [-0.4, -0.2) is 20.3 Å². The summed E-state index contributed by atoms with van der Waals surface area (Å²) in [5.74, 6) is 0.890. The average molecular weight is 320 g/mol. The predicted octanol–water partition coefficient (Wildman–Crippen LogP) is 3.85. The Hall–Kier alpha value is -0.250. The molecule has 1 fully saturated rings. The number of hydrogen-bond acceptors (Lipinski definition) is 2. The van der Waals surface area contributed by atoms with E-state index >= 15 is 0 Å². The van der Waals surface area contributed by atoms with Crippen LogP contribution in [0, 0.1) is 20.8 Å². The molecular formula is C13H16BrClO2. The number of rotatable bonds is 2. The van der Waals surface area contributed by atoms with Crippen LogP contribution in [0.25, 0.3) is 0 Å². The molecule has 1 aromatic rings. The molecule has 0 atom stereocenters. The standard InChI is InChI=1S/C13H16BrClO2/c1-7-8(2)12(16-4)10(9(3)11(7)14)13(15)5-17-6-13/h5-6H2,1-4H3. The minimum absolute atomic E-state index is 0.434. The summed E-state index contributed by atoms with van der Waals surface area (Å²) in [6.07, 6.45) is 0. The molecule has 0 bridgehead atoms. The first kappa shape index (κ1) is 13.2. The Morgan fingerprint density at radius 2 is 1.76 bits per heavy atom. The fourth-order valence-electron chi connectivity index (χ4n) is 2.30. The molecule has 0 aliphatic carbocycles. The highest BCUT2D eigenvalue weighted by Crippen LogP contribution is 2.47. The molecule has 0 radical (unpaired) electrons. The van der Waals surface area contributed by atoms with E-state index in [0.29, 0.717) is 13.2 Å². The van der Waals surface area contributed by atoms with E-state index in [1.807, 2.05) is 0 Å². The topological polar surface area (TPSA) is 18.5 Å². The zero-order valence-electron chi connectivity index (χ0n) is 10.5. The van der Waals surface area contributed by atoms with Crippen molar-refractivity contribution in [3.63, 3.8) is 0 Å². The lowest BCUT2D eigenvalue weighted by Gasteiger charge is -2.38. The second-order valence-corrected chi connectivity index (χ2v) is 6.07. The zero-order valence-corrected chi connectivity index (χ0v) is 12.8. The first-order valence-corrected chi connectivity index (χ1v) is 6.70. The number of methoxy groups -OCH3 is 1. The molecule has 1 aliphatic rings. The highest BCUT2D eigenvalue weighted by Gasteiger charge is 2.42. The van der Waals surface area contributed by atoms with Crippen LogP contribution in [-0.2, 0) is 9.61 Å². The Morgan fingerprint density at radius 3 is 2.18 bits per heavy atom. The van der Waals surface area contributed by atoms with Crippen LogP contribution < -0.4 is 4.74 Å². The summed E-state index contributed by atoms with van der Waals surface area (Å²) in [4.78, 5) is -0.434. The Morgan fingerprint density at radius 1 is 1.18 bits per heavy atom. The average Bonchev–Trinajstić information content (AvgIpc) is 2.28. The molecular weight excluding hydrogens is 303 g/mol. The number of alkyl halides is 1. The second-order valence-electron chi connectivity index (χ2n) is 4.56. The lowest BCUT2D eigenvalue weighted by molar-refractivity contribution is -0.0164. The fraction of sp³-hybridized carbons (Fsp3) is 0.538. The monoisotopic (exact) mass is 318 g/mol. The molecule has 1 saturated heterocycles. The highest BCUT2D eigenvalue weighted by molar-refractivity contribution is 9.10. The van der Waals surface area contributed by atoms with Gasteiger partial charge < -0.3 is 9.47 Å². The molecule has 1 aliphatic heterocycles. The van der Waals surface area contributed by atoms with Gasteiger partial charge in [-0.2, -0.15) is 0 Å². The van der Waals surface area contributed by atoms with Crippen LogP contribution in [0.15, 0.2) is 4.47 Å². The number of hydrogen-bond donors (Lipinski definition) is 0. The molecule has 1 heterocycles. The van der Waals surface area contributed by atoms with Gasteiger partial charge in [-0.1, -0.05) is 15.9 Å². The van der Waals surface area contributed by atoms with Crippen molar-refractivity contribution in [1.82, 2.24) is 0 Å². The van der Waals surface area contributed by atoms with Gasteiger partial charge in [-0.25, -0.2) is 0 Å². The van der Waals surface area contributed by atoms with Gasteiger partial charge >= 0.3 is 0 Å². The summed E-state index contributed by atoms with van der Waals surface area (Å²) in [7, 11) is 1.69. The molecule has 1 aromatic carbocycles. The largest absolute Gasteiger partial charge is 0.496 e. The van der Waals surface area contributed by atoms with Crippen LogP contribution >= 0.6 is 27.5 Å². The summed E-state index contributed by atoms with van der Waals surface area (Å²) < 4.78 is 11.9. The third-order valence-electron chi connectivity index (χ3n) is 3.48. The Labute approximate surface area is 115 Å². The normalized spacial score (nSPS) is 17.8. The van der Waals surface area contributed by atoms with E-state index in [1.54, 1.807) is 7.11 Å². The molecule has 0 unspecified atom stereocenters. The number of ether oxygens (including phenoxy) is 2. The summed E-state index contributed by atoms with van der Waals surface area (Å²) in [6, 6.07) is 0. The number of benzene rings is 1. The van der Waals surface area contributed by atoms with Crippen LogP contribution in [0.2, 0.25) is 0 Å². The summed E-state index contributed by atoms with van der Waals surface area (Å²) in [6.45, 7) is 7.29. The van der Waals surface area contributed by atoms with Gasteiger partial charge in [0.2, 0.25) is 0 Å². The summed E-state index contributed by atoms with van der Waals surface area (Å²) >= 11 is 10.2. The SMILES string of the molecule is COc1c(C)c(C)c(Br)c(C)c1C1(Cl)COC1. The van der Waals surface area contributed by atoms with Gasteiger partial charge in [0.1, 0.15) is 10.6 Å². The smallest absolute Gasteiger partial charge is 0.127 e. The molecule has 17 heavy (non-hydrogen) atoms. The lowest BCUT2D eigenvalue weighted by Crippen LogP contribution is -2.42. The third kappa shape index (κ3) is 1.88. The Bertz CT molecular complexity index is 467. The molecule has 0 spiro atoms. The van der Waals surface area contributed by atoms with Gasteiger partial charge in [0.05, 0.1) is 20.3 Å². The maximum Gasteiger partial charge on any atom is 0.127 e. The van der Waals surface area contributed by atoms with E-state index < -0.39 is 4.87 Å². The van der Waals surface area contributed by atoms with E-state index in [2.05, 4.69) is 36.7 Å².